The molecule has 0 aliphatic heterocycles. The van der Waals surface area contributed by atoms with E-state index in [0.29, 0.717) is 59.5 Å². The highest BCUT2D eigenvalue weighted by Gasteiger charge is 2.27. The van der Waals surface area contributed by atoms with Crippen molar-refractivity contribution in [3.63, 3.8) is 0 Å². The lowest BCUT2D eigenvalue weighted by Gasteiger charge is -2.17. The fraction of sp³-hybridized carbons (Fsp3) is 0.256. The first-order valence-corrected chi connectivity index (χ1v) is 19.5. The Bertz CT molecular complexity index is 2260. The number of thiophene rings is 2. The number of carboxylic acid groups (broad SMARTS) is 2. The Hall–Kier alpha value is -5.92. The topological polar surface area (TPSA) is 143 Å². The van der Waals surface area contributed by atoms with Crippen LogP contribution in [0.25, 0.3) is 20.2 Å². The molecule has 292 valence electrons. The standard InChI is InChI=1S/C22H23NO5S.C21H21NO4S/c1-23(2)22(26)21-20(17-5-3-4-6-18(17)29-21)28-14-13-27-16-10-7-15(8-11-16)9-12-19(24)25;1-22(2)20(23)19-18(15-10-6-7-11-17(15)27-19)26-16(21(24)25)13-12-14-8-4-3-5-9-14/h3-8,10-11H,9,12-14H2,1-2H3,(H,24,25);3-11,16H,12-13H2,1-2H3,(H,24,25). The molecule has 6 rings (SSSR count). The SMILES string of the molecule is CN(C)C(=O)c1sc2ccccc2c1OC(CCc1ccccc1)C(=O)O.CN(C)C(=O)c1sc2ccccc2c1OCCOc1ccc(CCC(=O)O)cc1. The average molecular weight is 797 g/mol. The molecule has 0 aliphatic carbocycles. The van der Waals surface area contributed by atoms with E-state index in [1.807, 2.05) is 103 Å². The van der Waals surface area contributed by atoms with Crippen molar-refractivity contribution < 1.29 is 43.6 Å². The van der Waals surface area contributed by atoms with Crippen molar-refractivity contribution in [2.24, 2.45) is 0 Å². The van der Waals surface area contributed by atoms with Crippen LogP contribution in [0, 0.1) is 0 Å². The second kappa shape index (κ2) is 19.6. The van der Waals surface area contributed by atoms with Crippen LogP contribution in [0.5, 0.6) is 17.2 Å². The van der Waals surface area contributed by atoms with E-state index in [4.69, 9.17) is 19.3 Å². The zero-order valence-electron chi connectivity index (χ0n) is 31.6. The second-order valence-corrected chi connectivity index (χ2v) is 15.2. The molecule has 0 fully saturated rings. The first kappa shape index (κ1) is 41.2. The number of amides is 2. The fourth-order valence-corrected chi connectivity index (χ4v) is 7.94. The zero-order valence-corrected chi connectivity index (χ0v) is 33.2. The number of carboxylic acids is 2. The molecule has 2 amide bonds. The number of hydrogen-bond acceptors (Lipinski definition) is 9. The minimum Gasteiger partial charge on any atom is -0.490 e. The van der Waals surface area contributed by atoms with Gasteiger partial charge in [-0.2, -0.15) is 0 Å². The van der Waals surface area contributed by atoms with Gasteiger partial charge in [-0.05, 0) is 66.8 Å². The summed E-state index contributed by atoms with van der Waals surface area (Å²) in [5, 5.41) is 20.1. The first-order valence-electron chi connectivity index (χ1n) is 17.9. The summed E-state index contributed by atoms with van der Waals surface area (Å²) in [4.78, 5) is 51.5. The Balaban J connectivity index is 0.000000215. The molecule has 13 heteroatoms. The van der Waals surface area contributed by atoms with Gasteiger partial charge in [0.15, 0.2) is 17.6 Å². The maximum Gasteiger partial charge on any atom is 0.344 e. The predicted octanol–water partition coefficient (Wildman–Crippen LogP) is 8.15. The lowest BCUT2D eigenvalue weighted by atomic mass is 10.1. The quantitative estimate of drug-likeness (QED) is 0.0928. The molecule has 2 heterocycles. The van der Waals surface area contributed by atoms with Gasteiger partial charge in [-0.15, -0.1) is 22.7 Å². The van der Waals surface area contributed by atoms with Gasteiger partial charge in [-0.25, -0.2) is 4.79 Å². The molecule has 0 aliphatic rings. The number of benzene rings is 4. The minimum atomic E-state index is -1.04. The van der Waals surface area contributed by atoms with Gasteiger partial charge in [-0.3, -0.25) is 14.4 Å². The number of nitrogens with zero attached hydrogens (tertiary/aromatic N) is 2. The van der Waals surface area contributed by atoms with E-state index < -0.39 is 18.0 Å². The van der Waals surface area contributed by atoms with Gasteiger partial charge in [0.05, 0.1) is 0 Å². The van der Waals surface area contributed by atoms with E-state index in [1.54, 1.807) is 33.1 Å². The number of ether oxygens (including phenoxy) is 3. The van der Waals surface area contributed by atoms with Crippen molar-refractivity contribution in [1.29, 1.82) is 0 Å². The lowest BCUT2D eigenvalue weighted by molar-refractivity contribution is -0.145. The van der Waals surface area contributed by atoms with Crippen LogP contribution < -0.4 is 14.2 Å². The van der Waals surface area contributed by atoms with Crippen molar-refractivity contribution >= 4 is 66.6 Å². The normalized spacial score (nSPS) is 11.3. The summed E-state index contributed by atoms with van der Waals surface area (Å²) in [6.45, 7) is 0.628. The van der Waals surface area contributed by atoms with Gasteiger partial charge in [-0.1, -0.05) is 66.7 Å². The van der Waals surface area contributed by atoms with Gasteiger partial charge >= 0.3 is 11.9 Å². The summed E-state index contributed by atoms with van der Waals surface area (Å²) < 4.78 is 19.5. The van der Waals surface area contributed by atoms with Gasteiger partial charge in [0, 0.05) is 54.8 Å². The summed E-state index contributed by atoms with van der Waals surface area (Å²) in [5.41, 5.74) is 2.00. The number of aryl methyl sites for hydroxylation is 2. The van der Waals surface area contributed by atoms with Gasteiger partial charge in [0.1, 0.15) is 28.7 Å². The van der Waals surface area contributed by atoms with E-state index in [-0.39, 0.29) is 18.2 Å². The summed E-state index contributed by atoms with van der Waals surface area (Å²) >= 11 is 2.74. The monoisotopic (exact) mass is 796 g/mol. The smallest absolute Gasteiger partial charge is 0.344 e. The molecule has 0 radical (unpaired) electrons. The van der Waals surface area contributed by atoms with Crippen LogP contribution in [-0.2, 0) is 22.4 Å². The van der Waals surface area contributed by atoms with Crippen molar-refractivity contribution in [3.05, 3.63) is 124 Å². The number of hydrogen-bond donors (Lipinski definition) is 2. The van der Waals surface area contributed by atoms with Crippen LogP contribution >= 0.6 is 22.7 Å². The van der Waals surface area contributed by atoms with Crippen LogP contribution in [-0.4, -0.2) is 91.3 Å². The molecule has 11 nitrogen and oxygen atoms in total. The lowest BCUT2D eigenvalue weighted by Crippen LogP contribution is -2.29. The van der Waals surface area contributed by atoms with Crippen LogP contribution in [0.1, 0.15) is 43.3 Å². The molecule has 0 bridgehead atoms. The average Bonchev–Trinajstić information content (AvgIpc) is 3.75. The zero-order chi connectivity index (χ0) is 40.2. The fourth-order valence-electron chi connectivity index (χ4n) is 5.62. The molecule has 56 heavy (non-hydrogen) atoms. The largest absolute Gasteiger partial charge is 0.490 e. The Morgan fingerprint density at radius 1 is 0.607 bits per heavy atom. The molecule has 6 aromatic rings. The number of fused-ring (bicyclic) bond motifs is 2. The van der Waals surface area contributed by atoms with E-state index in [1.165, 1.54) is 27.6 Å². The number of rotatable bonds is 16. The van der Waals surface area contributed by atoms with Crippen LogP contribution in [0.4, 0.5) is 0 Å². The molecule has 1 atom stereocenters. The highest BCUT2D eigenvalue weighted by molar-refractivity contribution is 7.21. The van der Waals surface area contributed by atoms with Crippen LogP contribution in [0.3, 0.4) is 0 Å². The molecule has 2 aromatic heterocycles. The Morgan fingerprint density at radius 3 is 1.66 bits per heavy atom. The molecule has 0 saturated heterocycles. The van der Waals surface area contributed by atoms with E-state index in [9.17, 15) is 24.3 Å². The highest BCUT2D eigenvalue weighted by Crippen LogP contribution is 2.40. The van der Waals surface area contributed by atoms with Crippen molar-refractivity contribution in [3.8, 4) is 17.2 Å². The first-order chi connectivity index (χ1) is 26.9. The minimum absolute atomic E-state index is 0.0842. The Labute approximate surface area is 333 Å². The van der Waals surface area contributed by atoms with Crippen molar-refractivity contribution in [2.45, 2.75) is 31.8 Å². The summed E-state index contributed by atoms with van der Waals surface area (Å²) in [6.07, 6.45) is 0.469. The Kier molecular flexibility index (Phi) is 14.4. The third kappa shape index (κ3) is 10.9. The Morgan fingerprint density at radius 2 is 1.11 bits per heavy atom. The van der Waals surface area contributed by atoms with Crippen LogP contribution in [0.15, 0.2) is 103 Å². The number of carbonyl (C=O) groups excluding carboxylic acids is 2. The molecule has 0 saturated carbocycles. The maximum absolute atomic E-state index is 12.6. The molecular weight excluding hydrogens is 753 g/mol. The van der Waals surface area contributed by atoms with Crippen LogP contribution in [0.2, 0.25) is 0 Å². The third-order valence-electron chi connectivity index (χ3n) is 8.52. The van der Waals surface area contributed by atoms with E-state index in [2.05, 4.69) is 0 Å². The molecule has 4 aromatic carbocycles. The number of aliphatic carboxylic acids is 2. The van der Waals surface area contributed by atoms with E-state index in [0.717, 1.165) is 31.3 Å². The van der Waals surface area contributed by atoms with Crippen molar-refractivity contribution in [1.82, 2.24) is 9.80 Å². The molecule has 2 N–H and O–H groups in total. The summed E-state index contributed by atoms with van der Waals surface area (Å²) in [5.74, 6) is -0.489. The summed E-state index contributed by atoms with van der Waals surface area (Å²) in [7, 11) is 6.78. The molecular formula is C43H44N2O9S2. The second-order valence-electron chi connectivity index (χ2n) is 13.1. The predicted molar refractivity (Wildman–Crippen MR) is 220 cm³/mol. The molecule has 1 unspecified atom stereocenters. The van der Waals surface area contributed by atoms with Crippen molar-refractivity contribution in [2.75, 3.05) is 41.4 Å². The highest BCUT2D eigenvalue weighted by atomic mass is 32.1. The van der Waals surface area contributed by atoms with Gasteiger partial charge < -0.3 is 34.2 Å². The third-order valence-corrected chi connectivity index (χ3v) is 10.8. The summed E-state index contributed by atoms with van der Waals surface area (Å²) in [6, 6.07) is 32.3. The van der Waals surface area contributed by atoms with E-state index >= 15 is 0 Å². The van der Waals surface area contributed by atoms with Gasteiger partial charge in [0.25, 0.3) is 11.8 Å². The van der Waals surface area contributed by atoms with Gasteiger partial charge in [0.2, 0.25) is 0 Å². The molecule has 0 spiro atoms. The number of carbonyl (C=O) groups is 4. The maximum atomic E-state index is 12.6.